The maximum atomic E-state index is 12.9. The van der Waals surface area contributed by atoms with E-state index in [9.17, 15) is 4.79 Å². The molecule has 1 saturated heterocycles. The number of nitrogens with two attached hydrogens (primary N) is 1. The molecule has 1 aromatic carbocycles. The van der Waals surface area contributed by atoms with Gasteiger partial charge in [0.15, 0.2) is 0 Å². The third-order valence-electron chi connectivity index (χ3n) is 4.12. The first-order valence-corrected chi connectivity index (χ1v) is 8.08. The SMILES string of the molecule is COc1ccc2c(C(=O)N3CCC[C@H](N)C3)cc(C)nc2c1.O=CO. The molecule has 0 aliphatic carbocycles. The number of carbonyl (C=O) groups is 2. The Labute approximate surface area is 146 Å². The summed E-state index contributed by atoms with van der Waals surface area (Å²) in [5.41, 5.74) is 8.30. The van der Waals surface area contributed by atoms with Crippen molar-refractivity contribution in [2.75, 3.05) is 20.2 Å². The maximum absolute atomic E-state index is 12.9. The minimum Gasteiger partial charge on any atom is -0.497 e. The highest BCUT2D eigenvalue weighted by Gasteiger charge is 2.24. The lowest BCUT2D eigenvalue weighted by atomic mass is 10.0. The molecular formula is C18H23N3O4. The van der Waals surface area contributed by atoms with E-state index in [1.807, 2.05) is 36.1 Å². The summed E-state index contributed by atoms with van der Waals surface area (Å²) in [5, 5.41) is 7.75. The number of carboxylic acid groups (broad SMARTS) is 1. The standard InChI is InChI=1S/C17H21N3O2.CH2O2/c1-11-8-15(17(21)20-7-3-4-12(18)10-20)14-6-5-13(22-2)9-16(14)19-11;2-1-3/h5-6,8-9,12H,3-4,7,10,18H2,1-2H3;1H,(H,2,3)/t12-;/m0./s1. The molecule has 0 unspecified atom stereocenters. The van der Waals surface area contributed by atoms with Crippen molar-refractivity contribution < 1.29 is 19.4 Å². The van der Waals surface area contributed by atoms with Crippen molar-refractivity contribution in [3.8, 4) is 5.75 Å². The fourth-order valence-corrected chi connectivity index (χ4v) is 3.01. The van der Waals surface area contributed by atoms with E-state index in [1.54, 1.807) is 7.11 Å². The molecule has 7 nitrogen and oxygen atoms in total. The van der Waals surface area contributed by atoms with Crippen molar-refractivity contribution >= 4 is 23.3 Å². The van der Waals surface area contributed by atoms with Crippen molar-refractivity contribution in [1.29, 1.82) is 0 Å². The molecule has 0 radical (unpaired) electrons. The summed E-state index contributed by atoms with van der Waals surface area (Å²) in [7, 11) is 1.62. The molecular weight excluding hydrogens is 322 g/mol. The predicted octanol–water partition coefficient (Wildman–Crippen LogP) is 1.82. The van der Waals surface area contributed by atoms with E-state index < -0.39 is 0 Å². The normalized spacial score (nSPS) is 16.8. The van der Waals surface area contributed by atoms with E-state index in [4.69, 9.17) is 20.4 Å². The summed E-state index contributed by atoms with van der Waals surface area (Å²) in [6.45, 7) is 3.04. The largest absolute Gasteiger partial charge is 0.497 e. The number of methoxy groups -OCH3 is 1. The zero-order valence-corrected chi connectivity index (χ0v) is 14.4. The van der Waals surface area contributed by atoms with Crippen molar-refractivity contribution in [2.45, 2.75) is 25.8 Å². The molecule has 1 atom stereocenters. The first kappa shape index (κ1) is 18.7. The molecule has 134 valence electrons. The van der Waals surface area contributed by atoms with Gasteiger partial charge in [0.25, 0.3) is 12.4 Å². The Kier molecular flexibility index (Phi) is 6.30. The Bertz CT molecular complexity index is 763. The van der Waals surface area contributed by atoms with Crippen molar-refractivity contribution in [2.24, 2.45) is 5.73 Å². The third-order valence-corrected chi connectivity index (χ3v) is 4.12. The number of piperidine rings is 1. The molecule has 1 aliphatic rings. The molecule has 0 saturated carbocycles. The second kappa shape index (κ2) is 8.43. The number of aromatic nitrogens is 1. The zero-order valence-electron chi connectivity index (χ0n) is 14.4. The Morgan fingerprint density at radius 1 is 1.44 bits per heavy atom. The smallest absolute Gasteiger partial charge is 0.290 e. The lowest BCUT2D eigenvalue weighted by molar-refractivity contribution is -0.122. The first-order valence-electron chi connectivity index (χ1n) is 8.08. The highest BCUT2D eigenvalue weighted by atomic mass is 16.5. The topological polar surface area (TPSA) is 106 Å². The molecule has 25 heavy (non-hydrogen) atoms. The maximum Gasteiger partial charge on any atom is 0.290 e. The van der Waals surface area contributed by atoms with Crippen LogP contribution in [0.3, 0.4) is 0 Å². The molecule has 0 spiro atoms. The Morgan fingerprint density at radius 3 is 2.80 bits per heavy atom. The van der Waals surface area contributed by atoms with Crippen LogP contribution in [0.25, 0.3) is 10.9 Å². The summed E-state index contributed by atoms with van der Waals surface area (Å²) in [5.74, 6) is 0.778. The van der Waals surface area contributed by atoms with Gasteiger partial charge >= 0.3 is 0 Å². The van der Waals surface area contributed by atoms with Gasteiger partial charge in [0.05, 0.1) is 18.2 Å². The van der Waals surface area contributed by atoms with Gasteiger partial charge in [0.1, 0.15) is 5.75 Å². The fourth-order valence-electron chi connectivity index (χ4n) is 3.01. The van der Waals surface area contributed by atoms with E-state index in [1.165, 1.54) is 0 Å². The van der Waals surface area contributed by atoms with Crippen LogP contribution in [0.4, 0.5) is 0 Å². The van der Waals surface area contributed by atoms with Gasteiger partial charge in [0.2, 0.25) is 0 Å². The second-order valence-electron chi connectivity index (χ2n) is 5.95. The monoisotopic (exact) mass is 345 g/mol. The third kappa shape index (κ3) is 4.45. The predicted molar refractivity (Wildman–Crippen MR) is 94.8 cm³/mol. The summed E-state index contributed by atoms with van der Waals surface area (Å²) >= 11 is 0. The minimum absolute atomic E-state index is 0.0378. The van der Waals surface area contributed by atoms with Crippen LogP contribution in [0.5, 0.6) is 5.75 Å². The first-order chi connectivity index (χ1) is 12.0. The summed E-state index contributed by atoms with van der Waals surface area (Å²) < 4.78 is 5.24. The zero-order chi connectivity index (χ0) is 18.4. The van der Waals surface area contributed by atoms with Crippen LogP contribution >= 0.6 is 0 Å². The van der Waals surface area contributed by atoms with Crippen LogP contribution in [-0.2, 0) is 4.79 Å². The number of ether oxygens (including phenoxy) is 1. The summed E-state index contributed by atoms with van der Waals surface area (Å²) in [6.07, 6.45) is 1.94. The van der Waals surface area contributed by atoms with E-state index in [-0.39, 0.29) is 18.4 Å². The number of fused-ring (bicyclic) bond motifs is 1. The number of nitrogens with zero attached hydrogens (tertiary/aromatic N) is 2. The van der Waals surface area contributed by atoms with Gasteiger partial charge in [-0.2, -0.15) is 0 Å². The number of hydrogen-bond acceptors (Lipinski definition) is 5. The van der Waals surface area contributed by atoms with Gasteiger partial charge in [-0.1, -0.05) is 0 Å². The van der Waals surface area contributed by atoms with Gasteiger partial charge in [-0.3, -0.25) is 14.6 Å². The number of benzene rings is 1. The van der Waals surface area contributed by atoms with Gasteiger partial charge < -0.3 is 20.5 Å². The van der Waals surface area contributed by atoms with E-state index in [0.717, 1.165) is 41.7 Å². The minimum atomic E-state index is -0.250. The van der Waals surface area contributed by atoms with Gasteiger partial charge in [-0.25, -0.2) is 0 Å². The van der Waals surface area contributed by atoms with Gasteiger partial charge in [-0.05, 0) is 38.0 Å². The molecule has 1 aliphatic heterocycles. The van der Waals surface area contributed by atoms with Crippen molar-refractivity contribution in [3.63, 3.8) is 0 Å². The molecule has 7 heteroatoms. The van der Waals surface area contributed by atoms with Crippen LogP contribution in [0, 0.1) is 6.92 Å². The Morgan fingerprint density at radius 2 is 2.16 bits per heavy atom. The number of hydrogen-bond donors (Lipinski definition) is 2. The summed E-state index contributed by atoms with van der Waals surface area (Å²) in [4.78, 5) is 27.6. The van der Waals surface area contributed by atoms with Gasteiger partial charge in [-0.15, -0.1) is 0 Å². The van der Waals surface area contributed by atoms with Crippen molar-refractivity contribution in [1.82, 2.24) is 9.88 Å². The molecule has 1 fully saturated rings. The van der Waals surface area contributed by atoms with E-state index in [0.29, 0.717) is 12.1 Å². The van der Waals surface area contributed by atoms with Crippen LogP contribution in [0.1, 0.15) is 28.9 Å². The molecule has 3 rings (SSSR count). The number of rotatable bonds is 2. The lowest BCUT2D eigenvalue weighted by Crippen LogP contribution is -2.45. The average Bonchev–Trinajstić information content (AvgIpc) is 2.60. The van der Waals surface area contributed by atoms with Crippen LogP contribution < -0.4 is 10.5 Å². The quantitative estimate of drug-likeness (QED) is 0.804. The molecule has 2 aromatic rings. The highest BCUT2D eigenvalue weighted by molar-refractivity contribution is 6.06. The number of pyridine rings is 1. The molecule has 1 amide bonds. The number of carbonyl (C=O) groups excluding carboxylic acids is 1. The highest BCUT2D eigenvalue weighted by Crippen LogP contribution is 2.25. The van der Waals surface area contributed by atoms with E-state index >= 15 is 0 Å². The molecule has 0 bridgehead atoms. The van der Waals surface area contributed by atoms with Crippen LogP contribution in [-0.4, -0.2) is 53.6 Å². The lowest BCUT2D eigenvalue weighted by Gasteiger charge is -2.31. The average molecular weight is 345 g/mol. The van der Waals surface area contributed by atoms with Crippen LogP contribution in [0.2, 0.25) is 0 Å². The number of amides is 1. The Hall–Kier alpha value is -2.67. The molecule has 1 aromatic heterocycles. The van der Waals surface area contributed by atoms with Gasteiger partial charge in [0, 0.05) is 36.3 Å². The number of likely N-dealkylation sites (tertiary alicyclic amines) is 1. The van der Waals surface area contributed by atoms with Crippen molar-refractivity contribution in [3.05, 3.63) is 35.5 Å². The summed E-state index contributed by atoms with van der Waals surface area (Å²) in [6, 6.07) is 7.56. The molecule has 2 heterocycles. The fraction of sp³-hybridized carbons (Fsp3) is 0.389. The second-order valence-corrected chi connectivity index (χ2v) is 5.95. The number of aryl methyl sites for hydroxylation is 1. The molecule has 3 N–H and O–H groups in total. The van der Waals surface area contributed by atoms with E-state index in [2.05, 4.69) is 4.98 Å². The Balaban J connectivity index is 0.000000701. The van der Waals surface area contributed by atoms with Crippen LogP contribution in [0.15, 0.2) is 24.3 Å².